The van der Waals surface area contributed by atoms with E-state index in [2.05, 4.69) is 18.0 Å². The van der Waals surface area contributed by atoms with E-state index >= 15 is 0 Å². The van der Waals surface area contributed by atoms with Crippen LogP contribution in [-0.2, 0) is 12.3 Å². The van der Waals surface area contributed by atoms with Gasteiger partial charge in [-0.25, -0.2) is 4.98 Å². The van der Waals surface area contributed by atoms with Gasteiger partial charge in [-0.1, -0.05) is 19.1 Å². The lowest BCUT2D eigenvalue weighted by Gasteiger charge is -1.93. The van der Waals surface area contributed by atoms with Crippen molar-refractivity contribution in [3.63, 3.8) is 0 Å². The van der Waals surface area contributed by atoms with Crippen molar-refractivity contribution in [2.75, 3.05) is 0 Å². The van der Waals surface area contributed by atoms with Gasteiger partial charge >= 0.3 is 0 Å². The topological polar surface area (TPSA) is 26.0 Å². The van der Waals surface area contributed by atoms with Crippen molar-refractivity contribution in [2.24, 2.45) is 0 Å². The highest BCUT2D eigenvalue weighted by atomic mass is 35.5. The minimum atomic E-state index is 0.331. The molecule has 1 heterocycles. The second kappa shape index (κ2) is 3.38. The summed E-state index contributed by atoms with van der Waals surface area (Å²) >= 11 is 5.64. The number of nitrogens with zero attached hydrogens (tertiary/aromatic N) is 1. The Morgan fingerprint density at radius 3 is 3.00 bits per heavy atom. The molecule has 1 aromatic carbocycles. The van der Waals surface area contributed by atoms with Gasteiger partial charge in [0, 0.05) is 0 Å². The third-order valence-electron chi connectivity index (χ3n) is 2.04. The molecule has 1 aromatic heterocycles. The molecule has 0 fully saturated rings. The molecule has 0 spiro atoms. The summed E-state index contributed by atoms with van der Waals surface area (Å²) in [5, 5.41) is 0. The highest BCUT2D eigenvalue weighted by Crippen LogP contribution is 2.20. The second-order valence-corrected chi connectivity index (χ2v) is 3.13. The van der Waals surface area contributed by atoms with Crippen molar-refractivity contribution < 1.29 is 4.42 Å². The number of aromatic nitrogens is 1. The zero-order chi connectivity index (χ0) is 9.26. The maximum absolute atomic E-state index is 5.64. The predicted octanol–water partition coefficient (Wildman–Crippen LogP) is 3.13. The van der Waals surface area contributed by atoms with E-state index in [4.69, 9.17) is 16.0 Å². The molecule has 0 radical (unpaired) electrons. The minimum absolute atomic E-state index is 0.331. The van der Waals surface area contributed by atoms with E-state index in [0.717, 1.165) is 17.5 Å². The molecule has 2 nitrogen and oxygen atoms in total. The van der Waals surface area contributed by atoms with Gasteiger partial charge in [0.05, 0.1) is 5.88 Å². The van der Waals surface area contributed by atoms with Crippen molar-refractivity contribution in [3.05, 3.63) is 29.7 Å². The SMILES string of the molecule is CCc1cccc2oc(CCl)nc12. The number of hydrogen-bond acceptors (Lipinski definition) is 2. The molecule has 0 unspecified atom stereocenters. The van der Waals surface area contributed by atoms with Crippen LogP contribution in [0.2, 0.25) is 0 Å². The monoisotopic (exact) mass is 195 g/mol. The first-order valence-electron chi connectivity index (χ1n) is 4.28. The van der Waals surface area contributed by atoms with E-state index in [0.29, 0.717) is 11.8 Å². The van der Waals surface area contributed by atoms with Crippen molar-refractivity contribution in [3.8, 4) is 0 Å². The Hall–Kier alpha value is -1.02. The number of para-hydroxylation sites is 1. The van der Waals surface area contributed by atoms with Crippen LogP contribution in [0.1, 0.15) is 18.4 Å². The number of fused-ring (bicyclic) bond motifs is 1. The fourth-order valence-corrected chi connectivity index (χ4v) is 1.51. The lowest BCUT2D eigenvalue weighted by atomic mass is 10.1. The summed E-state index contributed by atoms with van der Waals surface area (Å²) in [7, 11) is 0. The first-order valence-corrected chi connectivity index (χ1v) is 4.82. The van der Waals surface area contributed by atoms with Gasteiger partial charge in [-0.15, -0.1) is 11.6 Å². The standard InChI is InChI=1S/C10H10ClNO/c1-2-7-4-3-5-8-10(7)12-9(6-11)13-8/h3-5H,2,6H2,1H3. The number of oxazole rings is 1. The van der Waals surface area contributed by atoms with Gasteiger partial charge in [-0.3, -0.25) is 0 Å². The molecule has 0 aliphatic carbocycles. The molecule has 2 rings (SSSR count). The van der Waals surface area contributed by atoms with Gasteiger partial charge in [0.2, 0.25) is 5.89 Å². The first kappa shape index (κ1) is 8.57. The second-order valence-electron chi connectivity index (χ2n) is 2.86. The average molecular weight is 196 g/mol. The Balaban J connectivity index is 2.67. The summed E-state index contributed by atoms with van der Waals surface area (Å²) in [6.07, 6.45) is 0.964. The summed E-state index contributed by atoms with van der Waals surface area (Å²) < 4.78 is 5.42. The van der Waals surface area contributed by atoms with Gasteiger partial charge in [-0.05, 0) is 18.1 Å². The Kier molecular flexibility index (Phi) is 2.23. The first-order chi connectivity index (χ1) is 6.35. The summed E-state index contributed by atoms with van der Waals surface area (Å²) in [5.74, 6) is 0.926. The van der Waals surface area contributed by atoms with Crippen LogP contribution in [0.25, 0.3) is 11.1 Å². The van der Waals surface area contributed by atoms with E-state index in [1.165, 1.54) is 5.56 Å². The predicted molar refractivity (Wildman–Crippen MR) is 52.9 cm³/mol. The highest BCUT2D eigenvalue weighted by Gasteiger charge is 2.06. The molecule has 0 saturated heterocycles. The summed E-state index contributed by atoms with van der Waals surface area (Å²) in [6.45, 7) is 2.10. The molecule has 0 N–H and O–H groups in total. The molecule has 0 amide bonds. The molecule has 0 saturated carbocycles. The van der Waals surface area contributed by atoms with Crippen LogP contribution >= 0.6 is 11.6 Å². The zero-order valence-electron chi connectivity index (χ0n) is 7.38. The fraction of sp³-hybridized carbons (Fsp3) is 0.300. The molecule has 68 valence electrons. The van der Waals surface area contributed by atoms with Gasteiger partial charge in [0.25, 0.3) is 0 Å². The highest BCUT2D eigenvalue weighted by molar-refractivity contribution is 6.16. The summed E-state index contributed by atoms with van der Waals surface area (Å²) in [5.41, 5.74) is 2.98. The fourth-order valence-electron chi connectivity index (χ4n) is 1.39. The smallest absolute Gasteiger partial charge is 0.210 e. The molecular weight excluding hydrogens is 186 g/mol. The van der Waals surface area contributed by atoms with Crippen LogP contribution in [0.5, 0.6) is 0 Å². The molecule has 2 aromatic rings. The van der Waals surface area contributed by atoms with Crippen LogP contribution in [0, 0.1) is 0 Å². The van der Waals surface area contributed by atoms with Crippen molar-refractivity contribution in [1.29, 1.82) is 0 Å². The molecule has 0 aliphatic heterocycles. The lowest BCUT2D eigenvalue weighted by Crippen LogP contribution is -1.82. The van der Waals surface area contributed by atoms with Crippen LogP contribution in [0.15, 0.2) is 22.6 Å². The van der Waals surface area contributed by atoms with E-state index in [1.807, 2.05) is 12.1 Å². The molecule has 13 heavy (non-hydrogen) atoms. The van der Waals surface area contributed by atoms with E-state index in [9.17, 15) is 0 Å². The van der Waals surface area contributed by atoms with Crippen molar-refractivity contribution in [2.45, 2.75) is 19.2 Å². The molecule has 0 aliphatic rings. The number of alkyl halides is 1. The van der Waals surface area contributed by atoms with Crippen LogP contribution in [0.4, 0.5) is 0 Å². The Morgan fingerprint density at radius 1 is 1.46 bits per heavy atom. The Morgan fingerprint density at radius 2 is 2.31 bits per heavy atom. The third kappa shape index (κ3) is 1.42. The lowest BCUT2D eigenvalue weighted by molar-refractivity contribution is 0.555. The number of hydrogen-bond donors (Lipinski definition) is 0. The average Bonchev–Trinajstić information content (AvgIpc) is 2.59. The quantitative estimate of drug-likeness (QED) is 0.689. The van der Waals surface area contributed by atoms with Gasteiger partial charge < -0.3 is 4.42 Å². The van der Waals surface area contributed by atoms with Gasteiger partial charge in [-0.2, -0.15) is 0 Å². The maximum atomic E-state index is 5.64. The number of aryl methyl sites for hydroxylation is 1. The van der Waals surface area contributed by atoms with Gasteiger partial charge in [0.15, 0.2) is 5.58 Å². The summed E-state index contributed by atoms with van der Waals surface area (Å²) in [4.78, 5) is 4.30. The van der Waals surface area contributed by atoms with Crippen LogP contribution in [-0.4, -0.2) is 4.98 Å². The zero-order valence-corrected chi connectivity index (χ0v) is 8.14. The number of halogens is 1. The molecule has 3 heteroatoms. The minimum Gasteiger partial charge on any atom is -0.439 e. The van der Waals surface area contributed by atoms with Crippen molar-refractivity contribution in [1.82, 2.24) is 4.98 Å². The van der Waals surface area contributed by atoms with E-state index in [-0.39, 0.29) is 0 Å². The number of rotatable bonds is 2. The third-order valence-corrected chi connectivity index (χ3v) is 2.27. The molecular formula is C10H10ClNO. The largest absolute Gasteiger partial charge is 0.439 e. The molecule has 0 bridgehead atoms. The van der Waals surface area contributed by atoms with Crippen molar-refractivity contribution >= 4 is 22.7 Å². The van der Waals surface area contributed by atoms with Crippen LogP contribution < -0.4 is 0 Å². The Bertz CT molecular complexity index is 422. The maximum Gasteiger partial charge on any atom is 0.210 e. The number of benzene rings is 1. The van der Waals surface area contributed by atoms with E-state index < -0.39 is 0 Å². The summed E-state index contributed by atoms with van der Waals surface area (Å²) in [6, 6.07) is 5.95. The van der Waals surface area contributed by atoms with Gasteiger partial charge in [0.1, 0.15) is 5.52 Å². The molecule has 0 atom stereocenters. The normalized spacial score (nSPS) is 10.9. The Labute approximate surface area is 81.5 Å². The van der Waals surface area contributed by atoms with Crippen LogP contribution in [0.3, 0.4) is 0 Å². The van der Waals surface area contributed by atoms with E-state index in [1.54, 1.807) is 0 Å².